The molecule has 0 unspecified atom stereocenters. The van der Waals surface area contributed by atoms with Gasteiger partial charge in [0, 0.05) is 24.6 Å². The summed E-state index contributed by atoms with van der Waals surface area (Å²) < 4.78 is 0. The molecule has 1 aromatic rings. The molecule has 21 heavy (non-hydrogen) atoms. The fourth-order valence-corrected chi connectivity index (χ4v) is 2.97. The van der Waals surface area contributed by atoms with Gasteiger partial charge in [-0.3, -0.25) is 0 Å². The zero-order valence-electron chi connectivity index (χ0n) is 14.4. The van der Waals surface area contributed by atoms with Gasteiger partial charge in [0.05, 0.1) is 0 Å². The molecule has 4 nitrogen and oxygen atoms in total. The van der Waals surface area contributed by atoms with Crippen molar-refractivity contribution in [3.63, 3.8) is 0 Å². The van der Waals surface area contributed by atoms with Crippen LogP contribution in [0.15, 0.2) is 0 Å². The van der Waals surface area contributed by atoms with Crippen LogP contribution in [0.4, 0.5) is 11.6 Å². The van der Waals surface area contributed by atoms with Gasteiger partial charge < -0.3 is 10.6 Å². The smallest absolute Gasteiger partial charge is 0.138 e. The van der Waals surface area contributed by atoms with Crippen LogP contribution < -0.4 is 10.6 Å². The molecule has 4 heteroatoms. The molecule has 2 N–H and O–H groups in total. The molecule has 0 atom stereocenters. The quantitative estimate of drug-likeness (QED) is 0.876. The van der Waals surface area contributed by atoms with E-state index in [1.165, 1.54) is 25.7 Å². The van der Waals surface area contributed by atoms with Crippen LogP contribution in [0.1, 0.15) is 64.8 Å². The topological polar surface area (TPSA) is 49.8 Å². The molecule has 0 amide bonds. The summed E-state index contributed by atoms with van der Waals surface area (Å²) in [6.07, 6.45) is 5.34. The van der Waals surface area contributed by atoms with Crippen LogP contribution in [0.5, 0.6) is 0 Å². The lowest BCUT2D eigenvalue weighted by Crippen LogP contribution is -2.25. The third-order valence-corrected chi connectivity index (χ3v) is 4.55. The maximum Gasteiger partial charge on any atom is 0.138 e. The van der Waals surface area contributed by atoms with Crippen LogP contribution >= 0.6 is 0 Å². The molecule has 1 heterocycles. The first-order valence-electron chi connectivity index (χ1n) is 8.06. The highest BCUT2D eigenvalue weighted by atomic mass is 15.1. The van der Waals surface area contributed by atoms with E-state index in [-0.39, 0.29) is 5.41 Å². The minimum Gasteiger partial charge on any atom is -0.373 e. The normalized spacial score (nSPS) is 17.8. The summed E-state index contributed by atoms with van der Waals surface area (Å²) in [6, 6.07) is 0. The number of rotatable bonds is 4. The SMILES string of the molecule is CNc1nc(C(C)(C)C)nc(NCC2(C)CCCC2)c1C. The minimum absolute atomic E-state index is 0.0486. The van der Waals surface area contributed by atoms with Gasteiger partial charge in [-0.1, -0.05) is 40.5 Å². The van der Waals surface area contributed by atoms with E-state index in [1.807, 2.05) is 7.05 Å². The van der Waals surface area contributed by atoms with Crippen LogP contribution in [-0.2, 0) is 5.41 Å². The zero-order chi connectivity index (χ0) is 15.7. The van der Waals surface area contributed by atoms with Gasteiger partial charge in [-0.25, -0.2) is 9.97 Å². The third-order valence-electron chi connectivity index (χ3n) is 4.55. The number of anilines is 2. The molecular formula is C17H30N4. The predicted molar refractivity (Wildman–Crippen MR) is 90.1 cm³/mol. The minimum atomic E-state index is -0.0486. The van der Waals surface area contributed by atoms with Gasteiger partial charge in [0.15, 0.2) is 0 Å². The Balaban J connectivity index is 2.25. The van der Waals surface area contributed by atoms with Crippen LogP contribution in [0.3, 0.4) is 0 Å². The third kappa shape index (κ3) is 3.66. The van der Waals surface area contributed by atoms with Crippen molar-refractivity contribution in [2.24, 2.45) is 5.41 Å². The number of nitrogens with zero attached hydrogens (tertiary/aromatic N) is 2. The van der Waals surface area contributed by atoms with Crippen LogP contribution in [0, 0.1) is 12.3 Å². The van der Waals surface area contributed by atoms with E-state index in [0.29, 0.717) is 5.41 Å². The molecule has 0 spiro atoms. The van der Waals surface area contributed by atoms with E-state index >= 15 is 0 Å². The molecule has 118 valence electrons. The monoisotopic (exact) mass is 290 g/mol. The Morgan fingerprint density at radius 1 is 1.10 bits per heavy atom. The standard InChI is InChI=1S/C17H30N4/c1-12-13(18-6)20-15(16(2,3)4)21-14(12)19-11-17(5)9-7-8-10-17/h7-11H2,1-6H3,(H2,18,19,20,21). The number of hydrogen-bond donors (Lipinski definition) is 2. The molecule has 2 rings (SSSR count). The second-order valence-corrected chi connectivity index (χ2v) is 7.74. The summed E-state index contributed by atoms with van der Waals surface area (Å²) in [5.74, 6) is 2.79. The molecule has 0 radical (unpaired) electrons. The van der Waals surface area contributed by atoms with Crippen molar-refractivity contribution in [2.75, 3.05) is 24.2 Å². The lowest BCUT2D eigenvalue weighted by atomic mass is 9.89. The molecule has 1 fully saturated rings. The Morgan fingerprint density at radius 2 is 1.67 bits per heavy atom. The molecule has 0 bridgehead atoms. The lowest BCUT2D eigenvalue weighted by molar-refractivity contribution is 0.361. The number of hydrogen-bond acceptors (Lipinski definition) is 4. The zero-order valence-corrected chi connectivity index (χ0v) is 14.4. The van der Waals surface area contributed by atoms with Crippen molar-refractivity contribution < 1.29 is 0 Å². The van der Waals surface area contributed by atoms with Crippen LogP contribution in [-0.4, -0.2) is 23.6 Å². The Kier molecular flexibility index (Phi) is 4.45. The van der Waals surface area contributed by atoms with E-state index in [0.717, 1.165) is 29.6 Å². The van der Waals surface area contributed by atoms with E-state index in [1.54, 1.807) is 0 Å². The van der Waals surface area contributed by atoms with Crippen molar-refractivity contribution in [1.82, 2.24) is 9.97 Å². The number of nitrogens with one attached hydrogen (secondary N) is 2. The average Bonchev–Trinajstić information content (AvgIpc) is 2.83. The fourth-order valence-electron chi connectivity index (χ4n) is 2.97. The van der Waals surface area contributed by atoms with Gasteiger partial charge in [0.25, 0.3) is 0 Å². The van der Waals surface area contributed by atoms with E-state index in [9.17, 15) is 0 Å². The Hall–Kier alpha value is -1.32. The molecule has 0 aliphatic heterocycles. The van der Waals surface area contributed by atoms with Crippen LogP contribution in [0.2, 0.25) is 0 Å². The summed E-state index contributed by atoms with van der Waals surface area (Å²) in [5.41, 5.74) is 1.47. The van der Waals surface area contributed by atoms with Crippen molar-refractivity contribution in [2.45, 2.75) is 65.7 Å². The second kappa shape index (κ2) is 5.82. The Labute approximate surface area is 129 Å². The first-order chi connectivity index (χ1) is 9.75. The summed E-state index contributed by atoms with van der Waals surface area (Å²) in [5, 5.41) is 6.79. The van der Waals surface area contributed by atoms with Gasteiger partial charge in [-0.2, -0.15) is 0 Å². The van der Waals surface area contributed by atoms with Crippen molar-refractivity contribution in [3.8, 4) is 0 Å². The highest BCUT2D eigenvalue weighted by Gasteiger charge is 2.29. The lowest BCUT2D eigenvalue weighted by Gasteiger charge is -2.26. The highest BCUT2D eigenvalue weighted by molar-refractivity contribution is 5.57. The molecule has 1 aliphatic carbocycles. The Morgan fingerprint density at radius 3 is 2.19 bits per heavy atom. The fraction of sp³-hybridized carbons (Fsp3) is 0.765. The maximum atomic E-state index is 4.78. The van der Waals surface area contributed by atoms with E-state index in [2.05, 4.69) is 50.2 Å². The maximum absolute atomic E-state index is 4.78. The summed E-state index contributed by atoms with van der Waals surface area (Å²) in [4.78, 5) is 9.44. The number of aromatic nitrogens is 2. The molecular weight excluding hydrogens is 260 g/mol. The molecule has 0 saturated heterocycles. The average molecular weight is 290 g/mol. The van der Waals surface area contributed by atoms with Gasteiger partial charge in [-0.15, -0.1) is 0 Å². The molecule has 1 aliphatic rings. The van der Waals surface area contributed by atoms with Gasteiger partial charge >= 0.3 is 0 Å². The molecule has 1 aromatic heterocycles. The highest BCUT2D eigenvalue weighted by Crippen LogP contribution is 2.38. The van der Waals surface area contributed by atoms with Crippen molar-refractivity contribution in [1.29, 1.82) is 0 Å². The predicted octanol–water partition coefficient (Wildman–Crippen LogP) is 4.12. The van der Waals surface area contributed by atoms with E-state index in [4.69, 9.17) is 4.98 Å². The molecule has 0 aromatic carbocycles. The van der Waals surface area contributed by atoms with E-state index < -0.39 is 0 Å². The van der Waals surface area contributed by atoms with Gasteiger partial charge in [-0.05, 0) is 25.2 Å². The largest absolute Gasteiger partial charge is 0.373 e. The van der Waals surface area contributed by atoms with Crippen LogP contribution in [0.25, 0.3) is 0 Å². The summed E-state index contributed by atoms with van der Waals surface area (Å²) in [7, 11) is 1.92. The summed E-state index contributed by atoms with van der Waals surface area (Å²) in [6.45, 7) is 11.9. The van der Waals surface area contributed by atoms with Gasteiger partial charge in [0.2, 0.25) is 0 Å². The van der Waals surface area contributed by atoms with Gasteiger partial charge in [0.1, 0.15) is 17.5 Å². The summed E-state index contributed by atoms with van der Waals surface area (Å²) >= 11 is 0. The van der Waals surface area contributed by atoms with Crippen molar-refractivity contribution in [3.05, 3.63) is 11.4 Å². The Bertz CT molecular complexity index is 496. The first-order valence-corrected chi connectivity index (χ1v) is 8.06. The first kappa shape index (κ1) is 16.1. The molecule has 1 saturated carbocycles. The van der Waals surface area contributed by atoms with Crippen molar-refractivity contribution >= 4 is 11.6 Å². The second-order valence-electron chi connectivity index (χ2n) is 7.74.